The molecule has 0 bridgehead atoms. The number of thioether (sulfide) groups is 1. The highest BCUT2D eigenvalue weighted by molar-refractivity contribution is 7.98. The maximum Gasteiger partial charge on any atom is 0.238 e. The van der Waals surface area contributed by atoms with Crippen LogP contribution in [0.1, 0.15) is 36.5 Å². The summed E-state index contributed by atoms with van der Waals surface area (Å²) in [4.78, 5) is 11.7. The van der Waals surface area contributed by atoms with Crippen LogP contribution in [0.15, 0.2) is 18.2 Å². The van der Waals surface area contributed by atoms with E-state index < -0.39 is 5.54 Å². The highest BCUT2D eigenvalue weighted by Gasteiger charge is 2.36. The fraction of sp³-hybridized carbons (Fsp3) is 0.562. The Morgan fingerprint density at radius 1 is 1.35 bits per heavy atom. The minimum absolute atomic E-state index is 0.252. The Balaban J connectivity index is 1.90. The van der Waals surface area contributed by atoms with E-state index in [2.05, 4.69) is 37.4 Å². The topological polar surface area (TPSA) is 55.1 Å². The molecule has 4 heteroatoms. The summed E-state index contributed by atoms with van der Waals surface area (Å²) >= 11 is 1.77. The zero-order valence-electron chi connectivity index (χ0n) is 12.5. The molecule has 1 atom stereocenters. The number of nitrogens with two attached hydrogens (primary N) is 1. The quantitative estimate of drug-likeness (QED) is 0.812. The Hall–Kier alpha value is -1.00. The maximum atomic E-state index is 11.7. The number of carbonyl (C=O) groups is 1. The maximum absolute atomic E-state index is 11.7. The molecular weight excluding hydrogens is 268 g/mol. The standard InChI is InChI=1S/C16H24N2OS/c1-11-6-12(2)8-13(7-11)9-20-10-16(3,15(17)19)18-14-4-5-14/h6-8,14,18H,4-5,9-10H2,1-3H3,(H2,17,19). The molecule has 1 unspecified atom stereocenters. The summed E-state index contributed by atoms with van der Waals surface area (Å²) in [6.07, 6.45) is 2.31. The summed E-state index contributed by atoms with van der Waals surface area (Å²) in [6.45, 7) is 6.15. The first kappa shape index (κ1) is 15.4. The molecule has 1 fully saturated rings. The average Bonchev–Trinajstić information content (AvgIpc) is 3.11. The summed E-state index contributed by atoms with van der Waals surface area (Å²) in [5.74, 6) is 1.38. The van der Waals surface area contributed by atoms with E-state index in [4.69, 9.17) is 5.73 Å². The van der Waals surface area contributed by atoms with Crippen molar-refractivity contribution >= 4 is 17.7 Å². The predicted octanol–water partition coefficient (Wildman–Crippen LogP) is 2.53. The van der Waals surface area contributed by atoms with Gasteiger partial charge in [-0.3, -0.25) is 4.79 Å². The third-order valence-electron chi connectivity index (χ3n) is 3.58. The lowest BCUT2D eigenvalue weighted by atomic mass is 10.1. The van der Waals surface area contributed by atoms with Crippen molar-refractivity contribution in [2.45, 2.75) is 50.9 Å². The first-order valence-corrected chi connectivity index (χ1v) is 8.27. The molecule has 1 aromatic rings. The second-order valence-electron chi connectivity index (χ2n) is 6.10. The van der Waals surface area contributed by atoms with Crippen LogP contribution in [0.2, 0.25) is 0 Å². The van der Waals surface area contributed by atoms with Gasteiger partial charge in [0.25, 0.3) is 0 Å². The SMILES string of the molecule is Cc1cc(C)cc(CSCC(C)(NC2CC2)C(N)=O)c1. The summed E-state index contributed by atoms with van der Waals surface area (Å²) < 4.78 is 0. The van der Waals surface area contributed by atoms with Gasteiger partial charge in [0.2, 0.25) is 5.91 Å². The Labute approximate surface area is 125 Å². The van der Waals surface area contributed by atoms with Crippen LogP contribution in [-0.4, -0.2) is 23.2 Å². The van der Waals surface area contributed by atoms with Crippen molar-refractivity contribution in [1.82, 2.24) is 5.32 Å². The van der Waals surface area contributed by atoms with E-state index in [0.717, 1.165) is 18.6 Å². The van der Waals surface area contributed by atoms with Gasteiger partial charge in [-0.25, -0.2) is 0 Å². The third kappa shape index (κ3) is 4.25. The molecule has 0 aliphatic heterocycles. The molecule has 2 rings (SSSR count). The van der Waals surface area contributed by atoms with Gasteiger partial charge >= 0.3 is 0 Å². The second-order valence-corrected chi connectivity index (χ2v) is 7.09. The second kappa shape index (κ2) is 6.19. The number of aryl methyl sites for hydroxylation is 2. The molecule has 3 N–H and O–H groups in total. The number of carbonyl (C=O) groups excluding carboxylic acids is 1. The van der Waals surface area contributed by atoms with E-state index in [-0.39, 0.29) is 5.91 Å². The van der Waals surface area contributed by atoms with Crippen LogP contribution in [-0.2, 0) is 10.5 Å². The molecule has 1 amide bonds. The van der Waals surface area contributed by atoms with Gasteiger partial charge in [-0.2, -0.15) is 11.8 Å². The number of hydrogen-bond donors (Lipinski definition) is 2. The Kier molecular flexibility index (Phi) is 4.76. The lowest BCUT2D eigenvalue weighted by Crippen LogP contribution is -2.56. The summed E-state index contributed by atoms with van der Waals surface area (Å²) in [7, 11) is 0. The van der Waals surface area contributed by atoms with Gasteiger partial charge in [0, 0.05) is 17.5 Å². The minimum atomic E-state index is -0.593. The molecule has 0 radical (unpaired) electrons. The normalized spacial score (nSPS) is 17.8. The van der Waals surface area contributed by atoms with Crippen molar-refractivity contribution in [3.05, 3.63) is 34.9 Å². The summed E-state index contributed by atoms with van der Waals surface area (Å²) in [5, 5.41) is 3.38. The van der Waals surface area contributed by atoms with Gasteiger partial charge in [-0.05, 0) is 39.2 Å². The number of hydrogen-bond acceptors (Lipinski definition) is 3. The van der Waals surface area contributed by atoms with Crippen molar-refractivity contribution in [2.75, 3.05) is 5.75 Å². The van der Waals surface area contributed by atoms with E-state index in [1.807, 2.05) is 6.92 Å². The van der Waals surface area contributed by atoms with Crippen molar-refractivity contribution in [1.29, 1.82) is 0 Å². The highest BCUT2D eigenvalue weighted by atomic mass is 32.2. The first-order chi connectivity index (χ1) is 9.39. The summed E-state index contributed by atoms with van der Waals surface area (Å²) in [6, 6.07) is 7.07. The molecule has 1 aromatic carbocycles. The Morgan fingerprint density at radius 3 is 2.45 bits per heavy atom. The van der Waals surface area contributed by atoms with Crippen LogP contribution >= 0.6 is 11.8 Å². The number of benzene rings is 1. The Bertz CT molecular complexity index is 479. The van der Waals surface area contributed by atoms with Gasteiger partial charge < -0.3 is 11.1 Å². The molecule has 1 aliphatic carbocycles. The minimum Gasteiger partial charge on any atom is -0.368 e. The molecule has 20 heavy (non-hydrogen) atoms. The smallest absolute Gasteiger partial charge is 0.238 e. The van der Waals surface area contributed by atoms with E-state index in [0.29, 0.717) is 11.8 Å². The lowest BCUT2D eigenvalue weighted by molar-refractivity contribution is -0.123. The fourth-order valence-electron chi connectivity index (χ4n) is 2.39. The van der Waals surface area contributed by atoms with Crippen LogP contribution in [0.4, 0.5) is 0 Å². The first-order valence-electron chi connectivity index (χ1n) is 7.11. The van der Waals surface area contributed by atoms with Crippen LogP contribution in [0, 0.1) is 13.8 Å². The van der Waals surface area contributed by atoms with Crippen LogP contribution in [0.25, 0.3) is 0 Å². The molecule has 3 nitrogen and oxygen atoms in total. The average molecular weight is 292 g/mol. The fourth-order valence-corrected chi connectivity index (χ4v) is 3.53. The van der Waals surface area contributed by atoms with E-state index in [1.165, 1.54) is 16.7 Å². The monoisotopic (exact) mass is 292 g/mol. The molecule has 0 spiro atoms. The van der Waals surface area contributed by atoms with Crippen molar-refractivity contribution in [2.24, 2.45) is 5.73 Å². The molecule has 0 heterocycles. The van der Waals surface area contributed by atoms with Gasteiger partial charge in [-0.15, -0.1) is 0 Å². The van der Waals surface area contributed by atoms with Crippen molar-refractivity contribution in [3.8, 4) is 0 Å². The van der Waals surface area contributed by atoms with Gasteiger partial charge in [0.05, 0.1) is 0 Å². The zero-order chi connectivity index (χ0) is 14.8. The molecule has 0 aromatic heterocycles. The highest BCUT2D eigenvalue weighted by Crippen LogP contribution is 2.26. The number of nitrogens with one attached hydrogen (secondary N) is 1. The van der Waals surface area contributed by atoms with Gasteiger partial charge in [-0.1, -0.05) is 29.3 Å². The van der Waals surface area contributed by atoms with Crippen LogP contribution < -0.4 is 11.1 Å². The van der Waals surface area contributed by atoms with Gasteiger partial charge in [0.15, 0.2) is 0 Å². The number of primary amides is 1. The zero-order valence-corrected chi connectivity index (χ0v) is 13.3. The van der Waals surface area contributed by atoms with Gasteiger partial charge in [0.1, 0.15) is 5.54 Å². The van der Waals surface area contributed by atoms with E-state index in [1.54, 1.807) is 11.8 Å². The molecule has 110 valence electrons. The predicted molar refractivity (Wildman–Crippen MR) is 85.8 cm³/mol. The lowest BCUT2D eigenvalue weighted by Gasteiger charge is -2.27. The van der Waals surface area contributed by atoms with Crippen LogP contribution in [0.5, 0.6) is 0 Å². The Morgan fingerprint density at radius 2 is 1.95 bits per heavy atom. The third-order valence-corrected chi connectivity index (χ3v) is 4.90. The number of amides is 1. The summed E-state index contributed by atoms with van der Waals surface area (Å²) in [5.41, 5.74) is 8.85. The van der Waals surface area contributed by atoms with Crippen molar-refractivity contribution in [3.63, 3.8) is 0 Å². The largest absolute Gasteiger partial charge is 0.368 e. The van der Waals surface area contributed by atoms with E-state index in [9.17, 15) is 4.79 Å². The van der Waals surface area contributed by atoms with E-state index >= 15 is 0 Å². The van der Waals surface area contributed by atoms with Crippen molar-refractivity contribution < 1.29 is 4.79 Å². The molecule has 1 saturated carbocycles. The molecule has 1 aliphatic rings. The number of rotatable bonds is 7. The molecular formula is C16H24N2OS. The molecule has 0 saturated heterocycles. The van der Waals surface area contributed by atoms with Crippen LogP contribution in [0.3, 0.4) is 0 Å².